The van der Waals surface area contributed by atoms with Crippen LogP contribution in [0.2, 0.25) is 10.0 Å². The van der Waals surface area contributed by atoms with Gasteiger partial charge < -0.3 is 14.8 Å². The number of piperazine rings is 1. The molecule has 1 atom stereocenters. The summed E-state index contributed by atoms with van der Waals surface area (Å²) >= 11 is 12.3. The van der Waals surface area contributed by atoms with Crippen LogP contribution in [0, 0.1) is 5.82 Å². The summed E-state index contributed by atoms with van der Waals surface area (Å²) in [4.78, 5) is 19.7. The fraction of sp³-hybridized carbons (Fsp3) is 0.400. The number of carbonyl (C=O) groups is 1. The number of hydrogen-bond acceptors (Lipinski definition) is 2. The lowest BCUT2D eigenvalue weighted by Crippen LogP contribution is -2.52. The largest absolute Gasteiger partial charge is 0.349 e. The summed E-state index contributed by atoms with van der Waals surface area (Å²) in [5.41, 5.74) is 0.821. The molecule has 7 heteroatoms. The third-order valence-electron chi connectivity index (χ3n) is 4.10. The molecule has 0 radical (unpaired) electrons. The summed E-state index contributed by atoms with van der Waals surface area (Å²) < 4.78 is 13.6. The van der Waals surface area contributed by atoms with Crippen molar-refractivity contribution < 1.29 is 9.18 Å². The molecule has 1 aromatic carbocycles. The Hall–Kier alpha value is -1.30. The maximum Gasteiger partial charge on any atom is 0.272 e. The van der Waals surface area contributed by atoms with Gasteiger partial charge in [-0.25, -0.2) is 4.39 Å². The van der Waals surface area contributed by atoms with E-state index in [0.29, 0.717) is 17.4 Å². The average Bonchev–Trinajstić information content (AvgIpc) is 2.80. The first kappa shape index (κ1) is 15.6. The Morgan fingerprint density at radius 2 is 2.05 bits per heavy atom. The Labute approximate surface area is 137 Å². The van der Waals surface area contributed by atoms with E-state index in [1.807, 2.05) is 14.0 Å². The van der Waals surface area contributed by atoms with Crippen molar-refractivity contribution in [2.75, 3.05) is 26.7 Å². The number of halogens is 3. The number of aromatic nitrogens is 1. The fourth-order valence-electron chi connectivity index (χ4n) is 2.92. The van der Waals surface area contributed by atoms with Gasteiger partial charge in [0.25, 0.3) is 5.91 Å². The molecule has 0 unspecified atom stereocenters. The van der Waals surface area contributed by atoms with E-state index in [-0.39, 0.29) is 27.7 Å². The molecule has 0 aliphatic carbocycles. The number of fused-ring (bicyclic) bond motifs is 1. The third kappa shape index (κ3) is 2.47. The Morgan fingerprint density at radius 1 is 1.32 bits per heavy atom. The van der Waals surface area contributed by atoms with E-state index in [4.69, 9.17) is 23.2 Å². The van der Waals surface area contributed by atoms with Crippen LogP contribution in [-0.2, 0) is 0 Å². The van der Waals surface area contributed by atoms with Crippen LogP contribution >= 0.6 is 23.2 Å². The molecule has 1 saturated heterocycles. The molecule has 0 bridgehead atoms. The van der Waals surface area contributed by atoms with Gasteiger partial charge in [0.15, 0.2) is 0 Å². The molecule has 4 nitrogen and oxygen atoms in total. The van der Waals surface area contributed by atoms with Crippen molar-refractivity contribution in [3.05, 3.63) is 33.7 Å². The van der Waals surface area contributed by atoms with Crippen LogP contribution in [0.25, 0.3) is 10.9 Å². The van der Waals surface area contributed by atoms with E-state index in [2.05, 4.69) is 9.88 Å². The van der Waals surface area contributed by atoms with Crippen LogP contribution < -0.4 is 0 Å². The van der Waals surface area contributed by atoms with Gasteiger partial charge in [-0.15, -0.1) is 0 Å². The number of amides is 1. The lowest BCUT2D eigenvalue weighted by molar-refractivity contribution is 0.0529. The monoisotopic (exact) mass is 343 g/mol. The molecule has 2 aromatic rings. The summed E-state index contributed by atoms with van der Waals surface area (Å²) in [7, 11) is 2.02. The molecule has 1 aromatic heterocycles. The third-order valence-corrected chi connectivity index (χ3v) is 4.85. The van der Waals surface area contributed by atoms with Crippen molar-refractivity contribution in [2.45, 2.75) is 13.0 Å². The molecule has 1 N–H and O–H groups in total. The van der Waals surface area contributed by atoms with Gasteiger partial charge in [-0.2, -0.15) is 0 Å². The maximum atomic E-state index is 13.6. The Kier molecular flexibility index (Phi) is 4.05. The van der Waals surface area contributed by atoms with Crippen LogP contribution in [0.15, 0.2) is 12.1 Å². The molecular weight excluding hydrogens is 328 g/mol. The molecule has 1 aliphatic rings. The summed E-state index contributed by atoms with van der Waals surface area (Å²) in [5, 5.41) is 0.466. The van der Waals surface area contributed by atoms with E-state index < -0.39 is 5.82 Å². The number of likely N-dealkylation sites (N-methyl/N-ethyl adjacent to an activating group) is 1. The molecule has 3 rings (SSSR count). The average molecular weight is 344 g/mol. The number of nitrogens with zero attached hydrogens (tertiary/aromatic N) is 2. The highest BCUT2D eigenvalue weighted by molar-refractivity contribution is 6.44. The Bertz CT molecular complexity index is 746. The van der Waals surface area contributed by atoms with Crippen molar-refractivity contribution in [2.24, 2.45) is 0 Å². The summed E-state index contributed by atoms with van der Waals surface area (Å²) in [5.74, 6) is -0.736. The van der Waals surface area contributed by atoms with Gasteiger partial charge in [-0.1, -0.05) is 23.2 Å². The van der Waals surface area contributed by atoms with Crippen molar-refractivity contribution in [1.82, 2.24) is 14.8 Å². The van der Waals surface area contributed by atoms with E-state index in [1.54, 1.807) is 4.90 Å². The van der Waals surface area contributed by atoms with Crippen molar-refractivity contribution in [3.8, 4) is 0 Å². The lowest BCUT2D eigenvalue weighted by atomic mass is 10.2. The number of benzene rings is 1. The van der Waals surface area contributed by atoms with E-state index in [0.717, 1.165) is 13.1 Å². The Balaban J connectivity index is 2.01. The van der Waals surface area contributed by atoms with Crippen LogP contribution in [0.4, 0.5) is 4.39 Å². The zero-order chi connectivity index (χ0) is 16.0. The molecule has 1 aliphatic heterocycles. The SMILES string of the molecule is C[C@H]1CN(C)CCN1C(=O)c1[nH]c2ccc(F)c(Cl)c2c1Cl. The number of carbonyl (C=O) groups excluding carboxylic acids is 1. The molecule has 0 saturated carbocycles. The van der Waals surface area contributed by atoms with Gasteiger partial charge >= 0.3 is 0 Å². The molecular formula is C15H16Cl2FN3O. The van der Waals surface area contributed by atoms with Crippen LogP contribution in [-0.4, -0.2) is 53.4 Å². The number of aromatic amines is 1. The molecule has 1 fully saturated rings. The molecule has 0 spiro atoms. The zero-order valence-electron chi connectivity index (χ0n) is 12.3. The second-order valence-corrected chi connectivity index (χ2v) is 6.46. The van der Waals surface area contributed by atoms with E-state index >= 15 is 0 Å². The molecule has 1 amide bonds. The fourth-order valence-corrected chi connectivity index (χ4v) is 3.55. The predicted octanol–water partition coefficient (Wildman–Crippen LogP) is 3.39. The minimum absolute atomic E-state index is 0.0655. The standard InChI is InChI=1S/C15H16Cl2FN3O/c1-8-7-20(2)5-6-21(8)15(22)14-13(17)11-10(19-14)4-3-9(18)12(11)16/h3-4,8,19H,5-7H2,1-2H3/t8-/m0/s1. The molecule has 22 heavy (non-hydrogen) atoms. The quantitative estimate of drug-likeness (QED) is 0.861. The summed E-state index contributed by atoms with van der Waals surface area (Å²) in [6.07, 6.45) is 0. The maximum absolute atomic E-state index is 13.6. The lowest BCUT2D eigenvalue weighted by Gasteiger charge is -2.38. The summed E-state index contributed by atoms with van der Waals surface area (Å²) in [6, 6.07) is 2.87. The van der Waals surface area contributed by atoms with Crippen molar-refractivity contribution in [1.29, 1.82) is 0 Å². The van der Waals surface area contributed by atoms with Crippen LogP contribution in [0.1, 0.15) is 17.4 Å². The summed E-state index contributed by atoms with van der Waals surface area (Å²) in [6.45, 7) is 4.24. The highest BCUT2D eigenvalue weighted by Crippen LogP contribution is 2.35. The normalized spacial score (nSPS) is 19.9. The van der Waals surface area contributed by atoms with Gasteiger partial charge in [0.05, 0.1) is 10.0 Å². The highest BCUT2D eigenvalue weighted by Gasteiger charge is 2.30. The number of rotatable bonds is 1. The first-order valence-electron chi connectivity index (χ1n) is 7.05. The zero-order valence-corrected chi connectivity index (χ0v) is 13.8. The predicted molar refractivity (Wildman–Crippen MR) is 86.3 cm³/mol. The first-order valence-corrected chi connectivity index (χ1v) is 7.80. The van der Waals surface area contributed by atoms with Crippen LogP contribution in [0.5, 0.6) is 0 Å². The van der Waals surface area contributed by atoms with E-state index in [9.17, 15) is 9.18 Å². The van der Waals surface area contributed by atoms with Crippen LogP contribution in [0.3, 0.4) is 0 Å². The number of nitrogens with one attached hydrogen (secondary N) is 1. The topological polar surface area (TPSA) is 39.3 Å². The highest BCUT2D eigenvalue weighted by atomic mass is 35.5. The number of hydrogen-bond donors (Lipinski definition) is 1. The minimum Gasteiger partial charge on any atom is -0.349 e. The van der Waals surface area contributed by atoms with Gasteiger partial charge in [-0.05, 0) is 26.1 Å². The van der Waals surface area contributed by atoms with Gasteiger partial charge in [0.1, 0.15) is 11.5 Å². The van der Waals surface area contributed by atoms with Gasteiger partial charge in [0, 0.05) is 36.6 Å². The molecule has 118 valence electrons. The van der Waals surface area contributed by atoms with Gasteiger partial charge in [-0.3, -0.25) is 4.79 Å². The second kappa shape index (κ2) is 5.72. The second-order valence-electron chi connectivity index (χ2n) is 5.71. The van der Waals surface area contributed by atoms with E-state index in [1.165, 1.54) is 12.1 Å². The smallest absolute Gasteiger partial charge is 0.272 e. The van der Waals surface area contributed by atoms with Crippen molar-refractivity contribution >= 4 is 40.0 Å². The van der Waals surface area contributed by atoms with Crippen molar-refractivity contribution in [3.63, 3.8) is 0 Å². The Morgan fingerprint density at radius 3 is 2.73 bits per heavy atom. The number of H-pyrrole nitrogens is 1. The first-order chi connectivity index (χ1) is 10.4. The molecule has 2 heterocycles. The minimum atomic E-state index is -0.554. The van der Waals surface area contributed by atoms with Gasteiger partial charge in [0.2, 0.25) is 0 Å².